The summed E-state index contributed by atoms with van der Waals surface area (Å²) in [5, 5.41) is 0. The maximum atomic E-state index is 12.4. The Balaban J connectivity index is 4.00. The molecule has 0 radical (unpaired) electrons. The Morgan fingerprint density at radius 3 is 1.39 bits per heavy atom. The smallest absolute Gasteiger partial charge is 0.472 e. The van der Waals surface area contributed by atoms with Crippen molar-refractivity contribution in [3.05, 3.63) is 24.5 Å². The molecule has 0 aromatic carbocycles. The number of hydrogen-bond donors (Lipinski definition) is 2. The van der Waals surface area contributed by atoms with Crippen molar-refractivity contribution in [1.82, 2.24) is 0 Å². The Kier molecular flexibility index (Phi) is 42.0. The molecule has 0 spiro atoms. The molecule has 2 unspecified atom stereocenters. The first-order chi connectivity index (χ1) is 26.4. The Labute approximate surface area is 334 Å². The average molecular weight is 786 g/mol. The molecule has 54 heavy (non-hydrogen) atoms. The van der Waals surface area contributed by atoms with Gasteiger partial charge in [-0.15, -0.1) is 0 Å². The topological polar surface area (TPSA) is 117 Å². The van der Waals surface area contributed by atoms with E-state index in [2.05, 4.69) is 26.0 Å². The molecular weight excluding hydrogens is 697 g/mol. The van der Waals surface area contributed by atoms with Crippen molar-refractivity contribution in [2.24, 2.45) is 5.73 Å². The van der Waals surface area contributed by atoms with E-state index >= 15 is 0 Å². The normalized spacial score (nSPS) is 13.6. The van der Waals surface area contributed by atoms with Gasteiger partial charge in [-0.25, -0.2) is 4.57 Å². The second kappa shape index (κ2) is 43.0. The first kappa shape index (κ1) is 52.8. The summed E-state index contributed by atoms with van der Waals surface area (Å²) in [6, 6.07) is 0. The molecule has 2 atom stereocenters. The molecule has 320 valence electrons. The van der Waals surface area contributed by atoms with Gasteiger partial charge in [0.15, 0.2) is 6.10 Å². The monoisotopic (exact) mass is 786 g/mol. The van der Waals surface area contributed by atoms with Gasteiger partial charge in [-0.1, -0.05) is 187 Å². The van der Waals surface area contributed by atoms with Crippen LogP contribution in [0.5, 0.6) is 0 Å². The van der Waals surface area contributed by atoms with Gasteiger partial charge in [0, 0.05) is 13.0 Å². The number of phosphoric acid groups is 1. The predicted octanol–water partition coefficient (Wildman–Crippen LogP) is 14.0. The van der Waals surface area contributed by atoms with Crippen molar-refractivity contribution in [3.63, 3.8) is 0 Å². The van der Waals surface area contributed by atoms with Gasteiger partial charge in [-0.2, -0.15) is 0 Å². The Bertz CT molecular complexity index is 884. The minimum Gasteiger partial charge on any atom is -0.492 e. The number of rotatable bonds is 44. The fraction of sp³-hybridized carbons (Fsp3) is 0.889. The van der Waals surface area contributed by atoms with E-state index in [0.717, 1.165) is 32.1 Å². The average Bonchev–Trinajstić information content (AvgIpc) is 3.16. The molecule has 0 aromatic rings. The summed E-state index contributed by atoms with van der Waals surface area (Å²) in [4.78, 5) is 22.3. The zero-order valence-electron chi connectivity index (χ0n) is 35.5. The highest BCUT2D eigenvalue weighted by atomic mass is 31.2. The Morgan fingerprint density at radius 1 is 0.556 bits per heavy atom. The zero-order chi connectivity index (χ0) is 39.5. The van der Waals surface area contributed by atoms with E-state index < -0.39 is 13.9 Å². The highest BCUT2D eigenvalue weighted by Gasteiger charge is 2.24. The lowest BCUT2D eigenvalue weighted by atomic mass is 10.0. The van der Waals surface area contributed by atoms with Gasteiger partial charge >= 0.3 is 13.8 Å². The summed E-state index contributed by atoms with van der Waals surface area (Å²) < 4.78 is 33.2. The standard InChI is InChI=1S/C45H88NO7P/c1-3-5-7-9-11-13-15-17-19-21-22-23-24-26-28-30-32-34-36-38-45(47)51-42-44(43-53-54(48,49)52-41-39-46)50-40-37-35-33-31-29-27-25-20-18-16-14-12-10-8-6-4-2/h14,16,37,40,44H,3-13,15,17-36,38-39,41-43,46H2,1-2H3,(H,48,49). The number of hydrogen-bond acceptors (Lipinski definition) is 7. The first-order valence-electron chi connectivity index (χ1n) is 22.9. The van der Waals surface area contributed by atoms with Crippen LogP contribution in [0.25, 0.3) is 0 Å². The molecule has 0 amide bonds. The van der Waals surface area contributed by atoms with E-state index in [9.17, 15) is 14.3 Å². The van der Waals surface area contributed by atoms with E-state index in [1.165, 1.54) is 173 Å². The summed E-state index contributed by atoms with van der Waals surface area (Å²) in [6.45, 7) is 4.23. The van der Waals surface area contributed by atoms with Crippen molar-refractivity contribution in [1.29, 1.82) is 0 Å². The molecule has 0 heterocycles. The van der Waals surface area contributed by atoms with Crippen LogP contribution in [0.2, 0.25) is 0 Å². The van der Waals surface area contributed by atoms with Crippen molar-refractivity contribution in [2.75, 3.05) is 26.4 Å². The van der Waals surface area contributed by atoms with Crippen LogP contribution in [0.1, 0.15) is 226 Å². The summed E-state index contributed by atoms with van der Waals surface area (Å²) in [6.07, 6.45) is 48.7. The minimum absolute atomic E-state index is 0.0623. The third kappa shape index (κ3) is 42.0. The second-order valence-corrected chi connectivity index (χ2v) is 16.8. The highest BCUT2D eigenvalue weighted by molar-refractivity contribution is 7.47. The highest BCUT2D eigenvalue weighted by Crippen LogP contribution is 2.43. The molecule has 0 bridgehead atoms. The molecule has 0 fully saturated rings. The zero-order valence-corrected chi connectivity index (χ0v) is 36.4. The van der Waals surface area contributed by atoms with Gasteiger partial charge < -0.3 is 20.1 Å². The molecule has 0 aliphatic heterocycles. The van der Waals surface area contributed by atoms with Gasteiger partial charge in [-0.05, 0) is 51.0 Å². The lowest BCUT2D eigenvalue weighted by molar-refractivity contribution is -0.147. The van der Waals surface area contributed by atoms with E-state index in [4.69, 9.17) is 24.3 Å². The molecule has 0 rings (SSSR count). The molecule has 3 N–H and O–H groups in total. The fourth-order valence-corrected chi connectivity index (χ4v) is 7.27. The Morgan fingerprint density at radius 2 is 0.944 bits per heavy atom. The lowest BCUT2D eigenvalue weighted by Gasteiger charge is -2.19. The van der Waals surface area contributed by atoms with Gasteiger partial charge in [0.05, 0.1) is 19.5 Å². The van der Waals surface area contributed by atoms with Crippen molar-refractivity contribution < 1.29 is 32.8 Å². The number of ether oxygens (including phenoxy) is 2. The second-order valence-electron chi connectivity index (χ2n) is 15.3. The van der Waals surface area contributed by atoms with E-state index in [-0.39, 0.29) is 32.3 Å². The molecule has 0 saturated heterocycles. The minimum atomic E-state index is -4.27. The van der Waals surface area contributed by atoms with E-state index in [0.29, 0.717) is 6.42 Å². The number of unbranched alkanes of at least 4 members (excludes halogenated alkanes) is 29. The summed E-state index contributed by atoms with van der Waals surface area (Å²) in [5.41, 5.74) is 5.37. The van der Waals surface area contributed by atoms with Crippen molar-refractivity contribution in [3.8, 4) is 0 Å². The van der Waals surface area contributed by atoms with E-state index in [1.54, 1.807) is 6.26 Å². The molecule has 8 nitrogen and oxygen atoms in total. The lowest BCUT2D eigenvalue weighted by Crippen LogP contribution is -2.25. The van der Waals surface area contributed by atoms with Gasteiger partial charge in [0.2, 0.25) is 0 Å². The predicted molar refractivity (Wildman–Crippen MR) is 229 cm³/mol. The Hall–Kier alpha value is -1.18. The third-order valence-electron chi connectivity index (χ3n) is 9.96. The van der Waals surface area contributed by atoms with Crippen LogP contribution in [0.3, 0.4) is 0 Å². The van der Waals surface area contributed by atoms with E-state index in [1.807, 2.05) is 6.08 Å². The van der Waals surface area contributed by atoms with Crippen LogP contribution in [0.4, 0.5) is 0 Å². The molecule has 0 saturated carbocycles. The van der Waals surface area contributed by atoms with Gasteiger partial charge in [-0.3, -0.25) is 13.8 Å². The summed E-state index contributed by atoms with van der Waals surface area (Å²) in [5.74, 6) is -0.287. The summed E-state index contributed by atoms with van der Waals surface area (Å²) >= 11 is 0. The number of esters is 1. The van der Waals surface area contributed by atoms with Gasteiger partial charge in [0.1, 0.15) is 6.61 Å². The maximum absolute atomic E-state index is 12.4. The van der Waals surface area contributed by atoms with Crippen molar-refractivity contribution in [2.45, 2.75) is 232 Å². The largest absolute Gasteiger partial charge is 0.492 e. The number of carbonyl (C=O) groups excluding carboxylic acids is 1. The number of phosphoric ester groups is 1. The molecular formula is C45H88NO7P. The summed E-state index contributed by atoms with van der Waals surface area (Å²) in [7, 11) is -4.27. The molecule has 0 aromatic heterocycles. The SMILES string of the molecule is CCCCCCC=CCCCCCCCCC=COC(COC(=O)CCCCCCCCCCCCCCCCCCCCC)COP(=O)(O)OCCN. The maximum Gasteiger partial charge on any atom is 0.472 e. The first-order valence-corrected chi connectivity index (χ1v) is 24.4. The number of allylic oxidation sites excluding steroid dienone is 3. The van der Waals surface area contributed by atoms with Gasteiger partial charge in [0.25, 0.3) is 0 Å². The number of carbonyl (C=O) groups is 1. The quantitative estimate of drug-likeness (QED) is 0.0206. The molecule has 0 aliphatic carbocycles. The molecule has 0 aliphatic rings. The third-order valence-corrected chi connectivity index (χ3v) is 10.9. The van der Waals surface area contributed by atoms with Crippen LogP contribution < -0.4 is 5.73 Å². The van der Waals surface area contributed by atoms with Crippen LogP contribution in [-0.4, -0.2) is 43.3 Å². The fourth-order valence-electron chi connectivity index (χ4n) is 6.51. The molecule has 9 heteroatoms. The van der Waals surface area contributed by atoms with Crippen LogP contribution in [-0.2, 0) is 27.9 Å². The number of nitrogens with two attached hydrogens (primary N) is 1. The van der Waals surface area contributed by atoms with Crippen LogP contribution >= 0.6 is 7.82 Å². The van der Waals surface area contributed by atoms with Crippen LogP contribution in [0, 0.1) is 0 Å². The van der Waals surface area contributed by atoms with Crippen molar-refractivity contribution >= 4 is 13.8 Å². The van der Waals surface area contributed by atoms with Crippen LogP contribution in [0.15, 0.2) is 24.5 Å².